The average molecular weight is 227 g/mol. The molecule has 3 nitrogen and oxygen atoms in total. The van der Waals surface area contributed by atoms with Crippen LogP contribution in [-0.4, -0.2) is 11.9 Å². The zero-order valence-corrected chi connectivity index (χ0v) is 9.64. The lowest BCUT2D eigenvalue weighted by Gasteiger charge is -2.12. The Hall–Kier alpha value is -1.22. The average Bonchev–Trinajstić information content (AvgIpc) is 2.17. The summed E-state index contributed by atoms with van der Waals surface area (Å²) >= 11 is 5.91. The minimum Gasteiger partial charge on any atom is -0.399 e. The van der Waals surface area contributed by atoms with Gasteiger partial charge in [0.25, 0.3) is 5.91 Å². The Morgan fingerprint density at radius 3 is 2.80 bits per heavy atom. The van der Waals surface area contributed by atoms with Gasteiger partial charge in [0.2, 0.25) is 0 Å². The summed E-state index contributed by atoms with van der Waals surface area (Å²) in [6, 6.07) is 5.02. The summed E-state index contributed by atoms with van der Waals surface area (Å²) in [6.07, 6.45) is 0.887. The van der Waals surface area contributed by atoms with E-state index in [1.54, 1.807) is 18.2 Å². The largest absolute Gasteiger partial charge is 0.399 e. The molecule has 82 valence electrons. The van der Waals surface area contributed by atoms with Crippen LogP contribution in [0.5, 0.6) is 0 Å². The molecule has 0 aromatic heterocycles. The van der Waals surface area contributed by atoms with Crippen LogP contribution in [0.25, 0.3) is 0 Å². The van der Waals surface area contributed by atoms with E-state index in [2.05, 4.69) is 5.32 Å². The summed E-state index contributed by atoms with van der Waals surface area (Å²) in [5, 5.41) is 3.23. The van der Waals surface area contributed by atoms with Crippen molar-refractivity contribution < 1.29 is 4.79 Å². The van der Waals surface area contributed by atoms with E-state index in [4.69, 9.17) is 17.3 Å². The van der Waals surface area contributed by atoms with Gasteiger partial charge in [0.15, 0.2) is 0 Å². The quantitative estimate of drug-likeness (QED) is 0.778. The molecule has 1 aromatic carbocycles. The maximum absolute atomic E-state index is 11.7. The second-order valence-corrected chi connectivity index (χ2v) is 3.93. The lowest BCUT2D eigenvalue weighted by molar-refractivity contribution is 0.0939. The van der Waals surface area contributed by atoms with Crippen molar-refractivity contribution in [3.63, 3.8) is 0 Å². The summed E-state index contributed by atoms with van der Waals surface area (Å²) in [4.78, 5) is 11.7. The molecule has 1 unspecified atom stereocenters. The maximum Gasteiger partial charge on any atom is 0.253 e. The molecule has 3 N–H and O–H groups in total. The van der Waals surface area contributed by atoms with Gasteiger partial charge in [-0.3, -0.25) is 4.79 Å². The predicted molar refractivity (Wildman–Crippen MR) is 63.1 cm³/mol. The van der Waals surface area contributed by atoms with Crippen molar-refractivity contribution in [1.82, 2.24) is 5.32 Å². The highest BCUT2D eigenvalue weighted by Gasteiger charge is 2.11. The number of nitrogens with two attached hydrogens (primary N) is 1. The molecule has 4 heteroatoms. The number of benzene rings is 1. The number of carbonyl (C=O) groups excluding carboxylic acids is 1. The number of hydrogen-bond donors (Lipinski definition) is 2. The van der Waals surface area contributed by atoms with E-state index in [9.17, 15) is 4.79 Å². The fourth-order valence-corrected chi connectivity index (χ4v) is 1.39. The standard InChI is InChI=1S/C11H15ClN2O/c1-3-7(2)14-11(15)9-5-4-8(13)6-10(9)12/h4-7H,3,13H2,1-2H3,(H,14,15). The van der Waals surface area contributed by atoms with E-state index < -0.39 is 0 Å². The highest BCUT2D eigenvalue weighted by atomic mass is 35.5. The highest BCUT2D eigenvalue weighted by molar-refractivity contribution is 6.34. The van der Waals surface area contributed by atoms with Crippen molar-refractivity contribution >= 4 is 23.2 Å². The number of amides is 1. The molecule has 0 aliphatic carbocycles. The Labute approximate surface area is 94.6 Å². The van der Waals surface area contributed by atoms with Crippen molar-refractivity contribution in [2.75, 3.05) is 5.73 Å². The molecule has 1 rings (SSSR count). The minimum absolute atomic E-state index is 0.145. The third kappa shape index (κ3) is 3.13. The lowest BCUT2D eigenvalue weighted by atomic mass is 10.1. The number of hydrogen-bond acceptors (Lipinski definition) is 2. The Morgan fingerprint density at radius 2 is 2.27 bits per heavy atom. The van der Waals surface area contributed by atoms with E-state index in [1.165, 1.54) is 0 Å². The van der Waals surface area contributed by atoms with Crippen molar-refractivity contribution in [3.8, 4) is 0 Å². The number of nitrogens with one attached hydrogen (secondary N) is 1. The molecule has 1 aromatic rings. The molecule has 0 aliphatic rings. The van der Waals surface area contributed by atoms with Gasteiger partial charge in [0, 0.05) is 11.7 Å². The summed E-state index contributed by atoms with van der Waals surface area (Å²) in [5.41, 5.74) is 6.56. The first kappa shape index (κ1) is 11.9. The van der Waals surface area contributed by atoms with E-state index in [0.717, 1.165) is 6.42 Å². The van der Waals surface area contributed by atoms with Crippen LogP contribution < -0.4 is 11.1 Å². The van der Waals surface area contributed by atoms with Gasteiger partial charge >= 0.3 is 0 Å². The van der Waals surface area contributed by atoms with Gasteiger partial charge in [-0.25, -0.2) is 0 Å². The van der Waals surface area contributed by atoms with E-state index in [-0.39, 0.29) is 11.9 Å². The number of rotatable bonds is 3. The summed E-state index contributed by atoms with van der Waals surface area (Å²) in [6.45, 7) is 3.96. The van der Waals surface area contributed by atoms with Gasteiger partial charge in [0.1, 0.15) is 0 Å². The van der Waals surface area contributed by atoms with Gasteiger partial charge in [-0.1, -0.05) is 18.5 Å². The van der Waals surface area contributed by atoms with Crippen molar-refractivity contribution in [2.45, 2.75) is 26.3 Å². The van der Waals surface area contributed by atoms with E-state index >= 15 is 0 Å². The van der Waals surface area contributed by atoms with Crippen molar-refractivity contribution in [2.24, 2.45) is 0 Å². The van der Waals surface area contributed by atoms with Crippen molar-refractivity contribution in [3.05, 3.63) is 28.8 Å². The third-order valence-corrected chi connectivity index (χ3v) is 2.54. The molecular formula is C11H15ClN2O. The number of nitrogen functional groups attached to an aromatic ring is 1. The molecule has 0 saturated heterocycles. The summed E-state index contributed by atoms with van der Waals surface area (Å²) < 4.78 is 0. The molecule has 1 amide bonds. The second kappa shape index (κ2) is 5.03. The Kier molecular flexibility index (Phi) is 3.97. The van der Waals surface area contributed by atoms with Crippen LogP contribution in [0.1, 0.15) is 30.6 Å². The smallest absolute Gasteiger partial charge is 0.253 e. The Balaban J connectivity index is 2.82. The molecule has 0 heterocycles. The van der Waals surface area contributed by atoms with E-state index in [1.807, 2.05) is 13.8 Å². The molecule has 0 spiro atoms. The molecule has 0 aliphatic heterocycles. The molecule has 1 atom stereocenters. The molecule has 15 heavy (non-hydrogen) atoms. The molecule has 0 saturated carbocycles. The topological polar surface area (TPSA) is 55.1 Å². The first-order chi connectivity index (χ1) is 7.04. The van der Waals surface area contributed by atoms with Crippen LogP contribution in [-0.2, 0) is 0 Å². The Bertz CT molecular complexity index is 366. The third-order valence-electron chi connectivity index (χ3n) is 2.23. The predicted octanol–water partition coefficient (Wildman–Crippen LogP) is 2.45. The highest BCUT2D eigenvalue weighted by Crippen LogP contribution is 2.19. The molecule has 0 radical (unpaired) electrons. The molecule has 0 fully saturated rings. The molecule has 0 bridgehead atoms. The first-order valence-corrected chi connectivity index (χ1v) is 5.28. The zero-order valence-electron chi connectivity index (χ0n) is 8.88. The Morgan fingerprint density at radius 1 is 1.60 bits per heavy atom. The van der Waals surface area contributed by atoms with Gasteiger partial charge in [-0.15, -0.1) is 0 Å². The number of anilines is 1. The SMILES string of the molecule is CCC(C)NC(=O)c1ccc(N)cc1Cl. The van der Waals surface area contributed by atoms with Crippen molar-refractivity contribution in [1.29, 1.82) is 0 Å². The monoisotopic (exact) mass is 226 g/mol. The zero-order chi connectivity index (χ0) is 11.4. The van der Waals surface area contributed by atoms with Crippen LogP contribution in [0.4, 0.5) is 5.69 Å². The fourth-order valence-electron chi connectivity index (χ4n) is 1.12. The van der Waals surface area contributed by atoms with Gasteiger partial charge in [-0.2, -0.15) is 0 Å². The fraction of sp³-hybridized carbons (Fsp3) is 0.364. The van der Waals surface area contributed by atoms with Crippen LogP contribution in [0.15, 0.2) is 18.2 Å². The number of halogens is 1. The van der Waals surface area contributed by atoms with Gasteiger partial charge in [-0.05, 0) is 31.5 Å². The number of carbonyl (C=O) groups is 1. The minimum atomic E-state index is -0.158. The summed E-state index contributed by atoms with van der Waals surface area (Å²) in [5.74, 6) is -0.158. The second-order valence-electron chi connectivity index (χ2n) is 3.52. The van der Waals surface area contributed by atoms with E-state index in [0.29, 0.717) is 16.3 Å². The van der Waals surface area contributed by atoms with Gasteiger partial charge in [0.05, 0.1) is 10.6 Å². The van der Waals surface area contributed by atoms with Crippen LogP contribution in [0, 0.1) is 0 Å². The van der Waals surface area contributed by atoms with Gasteiger partial charge < -0.3 is 11.1 Å². The maximum atomic E-state index is 11.7. The summed E-state index contributed by atoms with van der Waals surface area (Å²) in [7, 11) is 0. The first-order valence-electron chi connectivity index (χ1n) is 4.90. The molecular weight excluding hydrogens is 212 g/mol. The lowest BCUT2D eigenvalue weighted by Crippen LogP contribution is -2.32. The van der Waals surface area contributed by atoms with Crippen LogP contribution in [0.3, 0.4) is 0 Å². The normalized spacial score (nSPS) is 12.2. The van der Waals surface area contributed by atoms with Crippen LogP contribution in [0.2, 0.25) is 5.02 Å². The van der Waals surface area contributed by atoms with Crippen LogP contribution >= 0.6 is 11.6 Å².